The van der Waals surface area contributed by atoms with E-state index in [2.05, 4.69) is 30.9 Å². The van der Waals surface area contributed by atoms with Crippen LogP contribution in [0.2, 0.25) is 5.02 Å². The first-order valence-corrected chi connectivity index (χ1v) is 10.3. The molecule has 0 spiro atoms. The maximum atomic E-state index is 13.1. The summed E-state index contributed by atoms with van der Waals surface area (Å²) in [7, 11) is -2.19. The summed E-state index contributed by atoms with van der Waals surface area (Å²) in [6.45, 7) is 6.32. The minimum atomic E-state index is -3.65. The predicted octanol–water partition coefficient (Wildman–Crippen LogP) is 3.48. The van der Waals surface area contributed by atoms with Crippen LogP contribution in [-0.2, 0) is 10.0 Å². The Morgan fingerprint density at radius 2 is 1.73 bits per heavy atom. The SMILES string of the molecule is COc1ccc(Cl)cc1S(=O)(=O)N1CCN(c2cccc(C)c2C)CC1. The molecular formula is C19H23ClN2O3S. The van der Waals surface area contributed by atoms with E-state index < -0.39 is 10.0 Å². The fourth-order valence-electron chi connectivity index (χ4n) is 3.24. The first-order chi connectivity index (χ1) is 12.3. The number of methoxy groups -OCH3 is 1. The highest BCUT2D eigenvalue weighted by Gasteiger charge is 2.31. The van der Waals surface area contributed by atoms with E-state index in [9.17, 15) is 8.42 Å². The third kappa shape index (κ3) is 3.54. The van der Waals surface area contributed by atoms with Gasteiger partial charge in [-0.05, 0) is 49.2 Å². The van der Waals surface area contributed by atoms with Crippen molar-refractivity contribution in [3.8, 4) is 5.75 Å². The molecule has 2 aromatic rings. The molecule has 5 nitrogen and oxygen atoms in total. The van der Waals surface area contributed by atoms with Crippen LogP contribution in [0, 0.1) is 13.8 Å². The van der Waals surface area contributed by atoms with Gasteiger partial charge in [-0.1, -0.05) is 23.7 Å². The van der Waals surface area contributed by atoms with Gasteiger partial charge in [-0.15, -0.1) is 0 Å². The maximum absolute atomic E-state index is 13.1. The van der Waals surface area contributed by atoms with Gasteiger partial charge < -0.3 is 9.64 Å². The van der Waals surface area contributed by atoms with E-state index in [4.69, 9.17) is 16.3 Å². The van der Waals surface area contributed by atoms with Crippen molar-refractivity contribution in [3.05, 3.63) is 52.5 Å². The van der Waals surface area contributed by atoms with Gasteiger partial charge in [0.2, 0.25) is 10.0 Å². The number of sulfonamides is 1. The van der Waals surface area contributed by atoms with Crippen LogP contribution in [0.25, 0.3) is 0 Å². The Labute approximate surface area is 160 Å². The molecule has 3 rings (SSSR count). The van der Waals surface area contributed by atoms with Gasteiger partial charge in [0, 0.05) is 36.9 Å². The van der Waals surface area contributed by atoms with Crippen LogP contribution in [0.3, 0.4) is 0 Å². The number of benzene rings is 2. The third-order valence-corrected chi connectivity index (χ3v) is 7.05. The Hall–Kier alpha value is -1.76. The molecule has 1 aliphatic heterocycles. The van der Waals surface area contributed by atoms with E-state index in [-0.39, 0.29) is 4.90 Å². The zero-order chi connectivity index (χ0) is 18.9. The number of nitrogens with zero attached hydrogens (tertiary/aromatic N) is 2. The second-order valence-corrected chi connectivity index (χ2v) is 8.75. The van der Waals surface area contributed by atoms with Crippen molar-refractivity contribution >= 4 is 27.3 Å². The Morgan fingerprint density at radius 1 is 1.04 bits per heavy atom. The van der Waals surface area contributed by atoms with Crippen LogP contribution >= 0.6 is 11.6 Å². The molecule has 0 radical (unpaired) electrons. The summed E-state index contributed by atoms with van der Waals surface area (Å²) in [5, 5.41) is 0.374. The lowest BCUT2D eigenvalue weighted by molar-refractivity contribution is 0.374. The predicted molar refractivity (Wildman–Crippen MR) is 105 cm³/mol. The number of hydrogen-bond acceptors (Lipinski definition) is 4. The molecule has 1 fully saturated rings. The molecule has 0 saturated carbocycles. The highest BCUT2D eigenvalue weighted by Crippen LogP contribution is 2.31. The van der Waals surface area contributed by atoms with Crippen LogP contribution in [0.4, 0.5) is 5.69 Å². The lowest BCUT2D eigenvalue weighted by Gasteiger charge is -2.36. The van der Waals surface area contributed by atoms with Gasteiger partial charge in [-0.3, -0.25) is 0 Å². The quantitative estimate of drug-likeness (QED) is 0.796. The van der Waals surface area contributed by atoms with Crippen molar-refractivity contribution < 1.29 is 13.2 Å². The monoisotopic (exact) mass is 394 g/mol. The summed E-state index contributed by atoms with van der Waals surface area (Å²) in [6.07, 6.45) is 0. The van der Waals surface area contributed by atoms with Crippen LogP contribution in [0.5, 0.6) is 5.75 Å². The number of anilines is 1. The van der Waals surface area contributed by atoms with Gasteiger partial charge in [0.1, 0.15) is 10.6 Å². The molecule has 0 aromatic heterocycles. The smallest absolute Gasteiger partial charge is 0.246 e. The lowest BCUT2D eigenvalue weighted by atomic mass is 10.1. The van der Waals surface area contributed by atoms with E-state index in [0.717, 1.165) is 0 Å². The zero-order valence-electron chi connectivity index (χ0n) is 15.2. The molecule has 2 aromatic carbocycles. The maximum Gasteiger partial charge on any atom is 0.246 e. The van der Waals surface area contributed by atoms with E-state index in [1.54, 1.807) is 12.1 Å². The minimum absolute atomic E-state index is 0.118. The normalized spacial score (nSPS) is 15.9. The Balaban J connectivity index is 1.81. The molecule has 0 N–H and O–H groups in total. The van der Waals surface area contributed by atoms with Gasteiger partial charge in [0.15, 0.2) is 0 Å². The topological polar surface area (TPSA) is 49.9 Å². The molecule has 0 aliphatic carbocycles. The van der Waals surface area contributed by atoms with Gasteiger partial charge in [-0.2, -0.15) is 4.31 Å². The molecule has 26 heavy (non-hydrogen) atoms. The minimum Gasteiger partial charge on any atom is -0.495 e. The van der Waals surface area contributed by atoms with Crippen LogP contribution < -0.4 is 9.64 Å². The summed E-state index contributed by atoms with van der Waals surface area (Å²) in [5.41, 5.74) is 3.64. The number of ether oxygens (including phenoxy) is 1. The number of hydrogen-bond donors (Lipinski definition) is 0. The molecule has 1 aliphatic rings. The van der Waals surface area contributed by atoms with Gasteiger partial charge in [0.25, 0.3) is 0 Å². The average Bonchev–Trinajstić information content (AvgIpc) is 2.64. The van der Waals surface area contributed by atoms with E-state index in [0.29, 0.717) is 37.0 Å². The van der Waals surface area contributed by atoms with E-state index >= 15 is 0 Å². The third-order valence-electron chi connectivity index (χ3n) is 4.90. The largest absolute Gasteiger partial charge is 0.495 e. The summed E-state index contributed by atoms with van der Waals surface area (Å²) < 4.78 is 32.8. The van der Waals surface area contributed by atoms with Crippen molar-refractivity contribution in [3.63, 3.8) is 0 Å². The summed E-state index contributed by atoms with van der Waals surface area (Å²) in [5.74, 6) is 0.311. The van der Waals surface area contributed by atoms with Crippen molar-refractivity contribution in [1.29, 1.82) is 0 Å². The second-order valence-electron chi connectivity index (χ2n) is 6.41. The van der Waals surface area contributed by atoms with E-state index in [1.807, 2.05) is 6.07 Å². The van der Waals surface area contributed by atoms with Crippen LogP contribution in [-0.4, -0.2) is 46.0 Å². The Bertz CT molecular complexity index is 907. The highest BCUT2D eigenvalue weighted by molar-refractivity contribution is 7.89. The van der Waals surface area contributed by atoms with Crippen LogP contribution in [0.1, 0.15) is 11.1 Å². The molecule has 0 bridgehead atoms. The summed E-state index contributed by atoms with van der Waals surface area (Å²) in [4.78, 5) is 2.36. The number of piperazine rings is 1. The Kier molecular flexibility index (Phi) is 5.46. The zero-order valence-corrected chi connectivity index (χ0v) is 16.8. The highest BCUT2D eigenvalue weighted by atomic mass is 35.5. The second kappa shape index (κ2) is 7.47. The summed E-state index contributed by atoms with van der Waals surface area (Å²) >= 11 is 6.01. The van der Waals surface area contributed by atoms with E-state index in [1.165, 1.54) is 34.3 Å². The molecule has 1 heterocycles. The fourth-order valence-corrected chi connectivity index (χ4v) is 5.08. The number of aryl methyl sites for hydroxylation is 1. The molecule has 7 heteroatoms. The van der Waals surface area contributed by atoms with Crippen molar-refractivity contribution in [1.82, 2.24) is 4.31 Å². The average molecular weight is 395 g/mol. The molecule has 0 unspecified atom stereocenters. The molecular weight excluding hydrogens is 372 g/mol. The van der Waals surface area contributed by atoms with Crippen LogP contribution in [0.15, 0.2) is 41.3 Å². The van der Waals surface area contributed by atoms with Gasteiger partial charge in [0.05, 0.1) is 7.11 Å². The Morgan fingerprint density at radius 3 is 2.38 bits per heavy atom. The number of halogens is 1. The molecule has 0 amide bonds. The lowest BCUT2D eigenvalue weighted by Crippen LogP contribution is -2.48. The standard InChI is InChI=1S/C19H23ClN2O3S/c1-14-5-4-6-17(15(14)2)21-9-11-22(12-10-21)26(23,24)19-13-16(20)7-8-18(19)25-3/h4-8,13H,9-12H2,1-3H3. The first kappa shape index (κ1) is 19.0. The van der Waals surface area contributed by atoms with Crippen molar-refractivity contribution in [2.45, 2.75) is 18.7 Å². The first-order valence-electron chi connectivity index (χ1n) is 8.49. The van der Waals surface area contributed by atoms with Gasteiger partial charge in [-0.25, -0.2) is 8.42 Å². The molecule has 1 saturated heterocycles. The molecule has 140 valence electrons. The van der Waals surface area contributed by atoms with Gasteiger partial charge >= 0.3 is 0 Å². The van der Waals surface area contributed by atoms with Crippen molar-refractivity contribution in [2.24, 2.45) is 0 Å². The fraction of sp³-hybridized carbons (Fsp3) is 0.368. The van der Waals surface area contributed by atoms with Crippen molar-refractivity contribution in [2.75, 3.05) is 38.2 Å². The molecule has 0 atom stereocenters. The summed E-state index contributed by atoms with van der Waals surface area (Å²) in [6, 6.07) is 10.9. The number of rotatable bonds is 4.